The number of hydrogen-bond donors (Lipinski definition) is 1. The second-order valence-corrected chi connectivity index (χ2v) is 5.47. The molecule has 1 unspecified atom stereocenters. The van der Waals surface area contributed by atoms with E-state index in [0.717, 1.165) is 31.4 Å². The lowest BCUT2D eigenvalue weighted by molar-refractivity contribution is 0.0695. The summed E-state index contributed by atoms with van der Waals surface area (Å²) in [7, 11) is 0. The third kappa shape index (κ3) is 6.15. The highest BCUT2D eigenvalue weighted by atomic mass is 16.5. The van der Waals surface area contributed by atoms with Crippen LogP contribution >= 0.6 is 0 Å². The number of carboxylic acid groups (broad SMARTS) is 1. The zero-order chi connectivity index (χ0) is 15.7. The molecule has 0 aliphatic carbocycles. The van der Waals surface area contributed by atoms with Crippen molar-refractivity contribution in [2.24, 2.45) is 5.92 Å². The number of aromatic nitrogens is 1. The molecule has 0 radical (unpaired) electrons. The normalized spacial score (nSPS) is 12.1. The molecule has 0 saturated heterocycles. The van der Waals surface area contributed by atoms with Crippen LogP contribution in [0.15, 0.2) is 12.1 Å². The molecule has 0 fully saturated rings. The second-order valence-electron chi connectivity index (χ2n) is 5.47. The maximum Gasteiger partial charge on any atom is 0.335 e. The number of carboxylic acids is 1. The van der Waals surface area contributed by atoms with Gasteiger partial charge in [-0.15, -0.1) is 0 Å². The molecule has 1 N–H and O–H groups in total. The van der Waals surface area contributed by atoms with Crippen molar-refractivity contribution in [2.45, 2.75) is 59.3 Å². The van der Waals surface area contributed by atoms with Gasteiger partial charge in [-0.2, -0.15) is 0 Å². The predicted octanol–water partition coefficient (Wildman–Crippen LogP) is 4.33. The van der Waals surface area contributed by atoms with Gasteiger partial charge in [-0.05, 0) is 24.8 Å². The predicted molar refractivity (Wildman–Crippen MR) is 84.0 cm³/mol. The van der Waals surface area contributed by atoms with Crippen LogP contribution < -0.4 is 4.74 Å². The van der Waals surface area contributed by atoms with Gasteiger partial charge in [0.15, 0.2) is 0 Å². The Hall–Kier alpha value is -1.58. The van der Waals surface area contributed by atoms with E-state index in [1.165, 1.54) is 18.9 Å². The lowest BCUT2D eigenvalue weighted by Crippen LogP contribution is -2.13. The van der Waals surface area contributed by atoms with Gasteiger partial charge >= 0.3 is 5.97 Å². The molecule has 21 heavy (non-hydrogen) atoms. The first-order chi connectivity index (χ1) is 10.1. The summed E-state index contributed by atoms with van der Waals surface area (Å²) in [5.74, 6) is 0.0146. The molecule has 4 nitrogen and oxygen atoms in total. The van der Waals surface area contributed by atoms with Gasteiger partial charge in [0.1, 0.15) is 0 Å². The standard InChI is InChI=1S/C17H27NO3/c1-4-7-9-13(6-3)12-21-16-11-14(17(19)20)10-15(18-16)8-5-2/h10-11,13H,4-9,12H2,1-3H3,(H,19,20). The summed E-state index contributed by atoms with van der Waals surface area (Å²) >= 11 is 0. The highest BCUT2D eigenvalue weighted by molar-refractivity contribution is 5.88. The van der Waals surface area contributed by atoms with Gasteiger partial charge in [-0.25, -0.2) is 9.78 Å². The number of hydrogen-bond acceptors (Lipinski definition) is 3. The van der Waals surface area contributed by atoms with E-state index in [0.29, 0.717) is 18.4 Å². The smallest absolute Gasteiger partial charge is 0.335 e. The van der Waals surface area contributed by atoms with Crippen LogP contribution in [0.5, 0.6) is 5.88 Å². The fraction of sp³-hybridized carbons (Fsp3) is 0.647. The fourth-order valence-electron chi connectivity index (χ4n) is 2.24. The average molecular weight is 293 g/mol. The molecule has 0 spiro atoms. The van der Waals surface area contributed by atoms with Crippen LogP contribution in [-0.2, 0) is 6.42 Å². The van der Waals surface area contributed by atoms with Crippen LogP contribution in [0.4, 0.5) is 0 Å². The van der Waals surface area contributed by atoms with Gasteiger partial charge in [0.05, 0.1) is 12.2 Å². The van der Waals surface area contributed by atoms with E-state index in [4.69, 9.17) is 9.84 Å². The Kier molecular flexibility index (Phi) is 7.80. The molecule has 1 rings (SSSR count). The molecular formula is C17H27NO3. The van der Waals surface area contributed by atoms with Crippen molar-refractivity contribution >= 4 is 5.97 Å². The molecule has 1 aromatic heterocycles. The molecule has 0 amide bonds. The van der Waals surface area contributed by atoms with Crippen molar-refractivity contribution < 1.29 is 14.6 Å². The fourth-order valence-corrected chi connectivity index (χ4v) is 2.24. The Bertz CT molecular complexity index is 446. The van der Waals surface area contributed by atoms with Crippen LogP contribution in [0.25, 0.3) is 0 Å². The Morgan fingerprint density at radius 3 is 2.62 bits per heavy atom. The Labute approximate surface area is 127 Å². The maximum atomic E-state index is 11.2. The molecule has 1 aromatic rings. The molecule has 0 aromatic carbocycles. The molecule has 0 aliphatic heterocycles. The number of ether oxygens (including phenoxy) is 1. The topological polar surface area (TPSA) is 59.4 Å². The molecule has 4 heteroatoms. The minimum Gasteiger partial charge on any atom is -0.478 e. The van der Waals surface area contributed by atoms with Gasteiger partial charge in [-0.3, -0.25) is 0 Å². The molecule has 1 atom stereocenters. The monoisotopic (exact) mass is 293 g/mol. The zero-order valence-electron chi connectivity index (χ0n) is 13.4. The van der Waals surface area contributed by atoms with Crippen molar-refractivity contribution in [2.75, 3.05) is 6.61 Å². The highest BCUT2D eigenvalue weighted by Crippen LogP contribution is 2.18. The van der Waals surface area contributed by atoms with Crippen molar-refractivity contribution in [3.05, 3.63) is 23.4 Å². The van der Waals surface area contributed by atoms with E-state index >= 15 is 0 Å². The first-order valence-electron chi connectivity index (χ1n) is 7.97. The number of rotatable bonds is 10. The lowest BCUT2D eigenvalue weighted by atomic mass is 10.0. The summed E-state index contributed by atoms with van der Waals surface area (Å²) in [4.78, 5) is 15.6. The van der Waals surface area contributed by atoms with E-state index < -0.39 is 5.97 Å². The summed E-state index contributed by atoms with van der Waals surface area (Å²) in [6, 6.07) is 3.15. The summed E-state index contributed by atoms with van der Waals surface area (Å²) in [5, 5.41) is 9.16. The molecule has 0 bridgehead atoms. The van der Waals surface area contributed by atoms with E-state index in [2.05, 4.69) is 18.8 Å². The first kappa shape index (κ1) is 17.5. The van der Waals surface area contributed by atoms with Gasteiger partial charge in [-0.1, -0.05) is 46.5 Å². The maximum absolute atomic E-state index is 11.2. The van der Waals surface area contributed by atoms with Crippen molar-refractivity contribution in [3.8, 4) is 5.88 Å². The summed E-state index contributed by atoms with van der Waals surface area (Å²) in [5.41, 5.74) is 1.04. The SMILES string of the molecule is CCCCC(CC)COc1cc(C(=O)O)cc(CCC)n1. The lowest BCUT2D eigenvalue weighted by Gasteiger charge is -2.15. The zero-order valence-corrected chi connectivity index (χ0v) is 13.4. The van der Waals surface area contributed by atoms with Crippen molar-refractivity contribution in [1.82, 2.24) is 4.98 Å². The van der Waals surface area contributed by atoms with Crippen molar-refractivity contribution in [3.63, 3.8) is 0 Å². The van der Waals surface area contributed by atoms with E-state index in [-0.39, 0.29) is 5.56 Å². The van der Waals surface area contributed by atoms with Crippen LogP contribution in [-0.4, -0.2) is 22.7 Å². The number of nitrogens with zero attached hydrogens (tertiary/aromatic N) is 1. The van der Waals surface area contributed by atoms with Crippen LogP contribution in [0.2, 0.25) is 0 Å². The van der Waals surface area contributed by atoms with Gasteiger partial charge in [0.25, 0.3) is 0 Å². The molecule has 0 saturated carbocycles. The van der Waals surface area contributed by atoms with E-state index in [1.807, 2.05) is 6.92 Å². The third-order valence-corrected chi connectivity index (χ3v) is 3.62. The van der Waals surface area contributed by atoms with Gasteiger partial charge < -0.3 is 9.84 Å². The summed E-state index contributed by atoms with van der Waals surface area (Å²) < 4.78 is 5.76. The van der Waals surface area contributed by atoms with Gasteiger partial charge in [0, 0.05) is 11.8 Å². The summed E-state index contributed by atoms with van der Waals surface area (Å²) in [6.07, 6.45) is 6.30. The van der Waals surface area contributed by atoms with Crippen LogP contribution in [0.1, 0.15) is 68.9 Å². The Morgan fingerprint density at radius 2 is 2.05 bits per heavy atom. The summed E-state index contributed by atoms with van der Waals surface area (Å²) in [6.45, 7) is 7.00. The largest absolute Gasteiger partial charge is 0.478 e. The quantitative estimate of drug-likeness (QED) is 0.697. The minimum atomic E-state index is -0.933. The number of aromatic carboxylic acids is 1. The molecule has 1 heterocycles. The number of aryl methyl sites for hydroxylation is 1. The first-order valence-corrected chi connectivity index (χ1v) is 7.97. The van der Waals surface area contributed by atoms with Crippen LogP contribution in [0, 0.1) is 5.92 Å². The van der Waals surface area contributed by atoms with E-state index in [1.54, 1.807) is 6.07 Å². The number of unbranched alkanes of at least 4 members (excludes halogenated alkanes) is 1. The third-order valence-electron chi connectivity index (χ3n) is 3.62. The van der Waals surface area contributed by atoms with Crippen molar-refractivity contribution in [1.29, 1.82) is 0 Å². The minimum absolute atomic E-state index is 0.255. The Balaban J connectivity index is 2.74. The molecular weight excluding hydrogens is 266 g/mol. The van der Waals surface area contributed by atoms with E-state index in [9.17, 15) is 4.79 Å². The number of carbonyl (C=O) groups is 1. The average Bonchev–Trinajstić information content (AvgIpc) is 2.47. The molecule has 118 valence electrons. The second kappa shape index (κ2) is 9.37. The van der Waals surface area contributed by atoms with Gasteiger partial charge in [0.2, 0.25) is 5.88 Å². The number of pyridine rings is 1. The van der Waals surface area contributed by atoms with Crippen LogP contribution in [0.3, 0.4) is 0 Å². The molecule has 0 aliphatic rings. The Morgan fingerprint density at radius 1 is 1.29 bits per heavy atom. The highest BCUT2D eigenvalue weighted by Gasteiger charge is 2.11.